The molecule has 1 N–H and O–H groups in total. The van der Waals surface area contributed by atoms with Gasteiger partial charge in [0.15, 0.2) is 0 Å². The van der Waals surface area contributed by atoms with E-state index in [0.717, 1.165) is 18.0 Å². The molecule has 2 aliphatic rings. The summed E-state index contributed by atoms with van der Waals surface area (Å²) in [5.41, 5.74) is 0.531. The molecule has 3 unspecified atom stereocenters. The van der Waals surface area contributed by atoms with Crippen molar-refractivity contribution in [2.24, 2.45) is 5.92 Å². The van der Waals surface area contributed by atoms with Crippen LogP contribution < -0.4 is 5.32 Å². The first-order valence-corrected chi connectivity index (χ1v) is 7.58. The van der Waals surface area contributed by atoms with Gasteiger partial charge in [0.25, 0.3) is 0 Å². The molecule has 2 nitrogen and oxygen atoms in total. The summed E-state index contributed by atoms with van der Waals surface area (Å²) in [6.45, 7) is 12.1. The first kappa shape index (κ1) is 13.4. The maximum absolute atomic E-state index is 3.73. The van der Waals surface area contributed by atoms with Crippen molar-refractivity contribution >= 4 is 0 Å². The third kappa shape index (κ3) is 2.53. The van der Waals surface area contributed by atoms with E-state index < -0.39 is 0 Å². The molecular formula is C15H30N2. The van der Waals surface area contributed by atoms with Gasteiger partial charge < -0.3 is 5.32 Å². The average Bonchev–Trinajstić information content (AvgIpc) is 2.28. The van der Waals surface area contributed by atoms with Crippen molar-refractivity contribution in [1.82, 2.24) is 10.2 Å². The Morgan fingerprint density at radius 2 is 2.00 bits per heavy atom. The molecule has 0 aromatic rings. The molecule has 3 atom stereocenters. The minimum absolute atomic E-state index is 0.531. The zero-order valence-corrected chi connectivity index (χ0v) is 12.1. The van der Waals surface area contributed by atoms with Crippen LogP contribution in [0.2, 0.25) is 0 Å². The number of nitrogens with zero attached hydrogens (tertiary/aromatic N) is 1. The summed E-state index contributed by atoms with van der Waals surface area (Å²) >= 11 is 0. The van der Waals surface area contributed by atoms with Crippen molar-refractivity contribution in [2.75, 3.05) is 13.1 Å². The summed E-state index contributed by atoms with van der Waals surface area (Å²) < 4.78 is 0. The summed E-state index contributed by atoms with van der Waals surface area (Å²) in [7, 11) is 0. The summed E-state index contributed by atoms with van der Waals surface area (Å²) in [5, 5.41) is 3.73. The number of likely N-dealkylation sites (tertiary alicyclic amines) is 1. The summed E-state index contributed by atoms with van der Waals surface area (Å²) in [6, 6.07) is 1.48. The monoisotopic (exact) mass is 238 g/mol. The van der Waals surface area contributed by atoms with E-state index in [9.17, 15) is 0 Å². The molecule has 1 saturated heterocycles. The number of hydrogen-bond donors (Lipinski definition) is 1. The summed E-state index contributed by atoms with van der Waals surface area (Å²) in [5.74, 6) is 0.785. The van der Waals surface area contributed by atoms with Crippen molar-refractivity contribution < 1.29 is 0 Å². The number of nitrogens with one attached hydrogen (secondary N) is 1. The zero-order valence-electron chi connectivity index (χ0n) is 12.1. The van der Waals surface area contributed by atoms with Gasteiger partial charge >= 0.3 is 0 Å². The lowest BCUT2D eigenvalue weighted by Crippen LogP contribution is -2.62. The van der Waals surface area contributed by atoms with Crippen LogP contribution in [0.3, 0.4) is 0 Å². The van der Waals surface area contributed by atoms with E-state index in [-0.39, 0.29) is 0 Å². The van der Waals surface area contributed by atoms with E-state index in [0.29, 0.717) is 5.54 Å². The largest absolute Gasteiger partial charge is 0.314 e. The van der Waals surface area contributed by atoms with Crippen LogP contribution in [-0.4, -0.2) is 35.6 Å². The van der Waals surface area contributed by atoms with Crippen LogP contribution in [0.15, 0.2) is 0 Å². The van der Waals surface area contributed by atoms with Gasteiger partial charge in [0.1, 0.15) is 0 Å². The van der Waals surface area contributed by atoms with Gasteiger partial charge in [0.2, 0.25) is 0 Å². The molecule has 1 saturated carbocycles. The third-order valence-corrected chi connectivity index (χ3v) is 5.35. The Hall–Kier alpha value is -0.0800. The maximum Gasteiger partial charge on any atom is 0.0184 e. The zero-order chi connectivity index (χ0) is 12.5. The van der Waals surface area contributed by atoms with Gasteiger partial charge in [-0.1, -0.05) is 13.8 Å². The number of piperidine rings is 1. The van der Waals surface area contributed by atoms with Crippen LogP contribution in [-0.2, 0) is 0 Å². The predicted molar refractivity (Wildman–Crippen MR) is 74.3 cm³/mol. The molecule has 17 heavy (non-hydrogen) atoms. The number of hydrogen-bond acceptors (Lipinski definition) is 2. The second-order valence-electron chi connectivity index (χ2n) is 6.49. The Morgan fingerprint density at radius 1 is 1.29 bits per heavy atom. The van der Waals surface area contributed by atoms with Crippen LogP contribution in [0.1, 0.15) is 59.8 Å². The van der Waals surface area contributed by atoms with E-state index in [1.54, 1.807) is 0 Å². The highest BCUT2D eigenvalue weighted by atomic mass is 15.2. The van der Waals surface area contributed by atoms with Gasteiger partial charge in [0, 0.05) is 24.2 Å². The van der Waals surface area contributed by atoms with Crippen LogP contribution in [0, 0.1) is 5.92 Å². The quantitative estimate of drug-likeness (QED) is 0.810. The van der Waals surface area contributed by atoms with Gasteiger partial charge in [-0.05, 0) is 58.4 Å². The SMILES string of the molecule is CCCNC1CCN(C2(C)CCC2)C(C)C1C. The Balaban J connectivity index is 1.93. The number of rotatable bonds is 4. The molecule has 0 spiro atoms. The van der Waals surface area contributed by atoms with E-state index in [4.69, 9.17) is 0 Å². The van der Waals surface area contributed by atoms with Crippen LogP contribution in [0.4, 0.5) is 0 Å². The molecule has 1 aliphatic heterocycles. The van der Waals surface area contributed by atoms with Gasteiger partial charge in [-0.15, -0.1) is 0 Å². The van der Waals surface area contributed by atoms with Crippen LogP contribution in [0.5, 0.6) is 0 Å². The lowest BCUT2D eigenvalue weighted by molar-refractivity contribution is -0.0451. The highest BCUT2D eigenvalue weighted by Gasteiger charge is 2.44. The molecule has 0 radical (unpaired) electrons. The molecule has 100 valence electrons. The topological polar surface area (TPSA) is 15.3 Å². The third-order valence-electron chi connectivity index (χ3n) is 5.35. The molecule has 0 amide bonds. The fourth-order valence-electron chi connectivity index (χ4n) is 3.72. The Kier molecular flexibility index (Phi) is 4.14. The Bertz CT molecular complexity index is 247. The van der Waals surface area contributed by atoms with Crippen LogP contribution in [0.25, 0.3) is 0 Å². The van der Waals surface area contributed by atoms with Crippen molar-refractivity contribution in [2.45, 2.75) is 77.4 Å². The highest BCUT2D eigenvalue weighted by Crippen LogP contribution is 2.41. The molecule has 0 aromatic carbocycles. The van der Waals surface area contributed by atoms with Crippen LogP contribution >= 0.6 is 0 Å². The molecule has 2 heteroatoms. The van der Waals surface area contributed by atoms with E-state index >= 15 is 0 Å². The van der Waals surface area contributed by atoms with Crippen molar-refractivity contribution in [3.8, 4) is 0 Å². The van der Waals surface area contributed by atoms with Crippen molar-refractivity contribution in [1.29, 1.82) is 0 Å². The lowest BCUT2D eigenvalue weighted by atomic mass is 9.73. The molecule has 1 heterocycles. The van der Waals surface area contributed by atoms with Crippen molar-refractivity contribution in [3.63, 3.8) is 0 Å². The van der Waals surface area contributed by atoms with E-state index in [1.807, 2.05) is 0 Å². The molecule has 2 fully saturated rings. The van der Waals surface area contributed by atoms with E-state index in [2.05, 4.69) is 37.9 Å². The average molecular weight is 238 g/mol. The maximum atomic E-state index is 3.73. The highest BCUT2D eigenvalue weighted by molar-refractivity contribution is 5.00. The fourth-order valence-corrected chi connectivity index (χ4v) is 3.72. The molecule has 1 aliphatic carbocycles. The first-order valence-electron chi connectivity index (χ1n) is 7.58. The summed E-state index contributed by atoms with van der Waals surface area (Å²) in [4.78, 5) is 2.80. The van der Waals surface area contributed by atoms with Crippen molar-refractivity contribution in [3.05, 3.63) is 0 Å². The fraction of sp³-hybridized carbons (Fsp3) is 1.00. The van der Waals surface area contributed by atoms with Gasteiger partial charge in [-0.3, -0.25) is 4.90 Å². The predicted octanol–water partition coefficient (Wildman–Crippen LogP) is 3.03. The van der Waals surface area contributed by atoms with Gasteiger partial charge in [-0.25, -0.2) is 0 Å². The van der Waals surface area contributed by atoms with E-state index in [1.165, 1.54) is 45.2 Å². The summed E-state index contributed by atoms with van der Waals surface area (Å²) in [6.07, 6.45) is 6.85. The normalized spacial score (nSPS) is 37.8. The molecule has 0 aromatic heterocycles. The molecular weight excluding hydrogens is 208 g/mol. The lowest BCUT2D eigenvalue weighted by Gasteiger charge is -2.55. The van der Waals surface area contributed by atoms with Gasteiger partial charge in [0.05, 0.1) is 0 Å². The standard InChI is InChI=1S/C15H30N2/c1-5-10-16-14-7-11-17(13(3)12(14)2)15(4)8-6-9-15/h12-14,16H,5-11H2,1-4H3. The smallest absolute Gasteiger partial charge is 0.0184 e. The second kappa shape index (κ2) is 5.27. The van der Waals surface area contributed by atoms with Gasteiger partial charge in [-0.2, -0.15) is 0 Å². The minimum atomic E-state index is 0.531. The first-order chi connectivity index (χ1) is 8.08. The molecule has 2 rings (SSSR count). The second-order valence-corrected chi connectivity index (χ2v) is 6.49. The minimum Gasteiger partial charge on any atom is -0.314 e. The Labute approximate surface area is 107 Å². The Morgan fingerprint density at radius 3 is 2.53 bits per heavy atom. The molecule has 0 bridgehead atoms.